The number of halogens is 2. The number of nitrogens with two attached hydrogens (primary N) is 1. The average molecular weight is 318 g/mol. The second-order valence-electron chi connectivity index (χ2n) is 5.57. The molecule has 0 aliphatic heterocycles. The van der Waals surface area contributed by atoms with Crippen molar-refractivity contribution in [1.29, 1.82) is 0 Å². The monoisotopic (exact) mass is 318 g/mol. The van der Waals surface area contributed by atoms with Crippen molar-refractivity contribution in [2.45, 2.75) is 25.9 Å². The fraction of sp³-hybridized carbons (Fsp3) is 0.417. The molecule has 0 amide bonds. The third-order valence-corrected chi connectivity index (χ3v) is 3.74. The van der Waals surface area contributed by atoms with E-state index in [9.17, 15) is 17.2 Å². The van der Waals surface area contributed by atoms with Gasteiger partial charge in [-0.1, -0.05) is 0 Å². The van der Waals surface area contributed by atoms with Gasteiger partial charge >= 0.3 is 0 Å². The Hall–Kier alpha value is -1.74. The Morgan fingerprint density at radius 1 is 1.38 bits per heavy atom. The highest BCUT2D eigenvalue weighted by atomic mass is 32.2. The molecule has 0 aliphatic rings. The van der Waals surface area contributed by atoms with Crippen molar-refractivity contribution in [2.24, 2.45) is 0 Å². The number of nitrogens with one attached hydrogen (secondary N) is 1. The van der Waals surface area contributed by atoms with Crippen LogP contribution < -0.4 is 10.5 Å². The Morgan fingerprint density at radius 2 is 2.00 bits per heavy atom. The van der Waals surface area contributed by atoms with Crippen molar-refractivity contribution in [3.8, 4) is 0 Å². The van der Waals surface area contributed by atoms with Crippen LogP contribution in [0.2, 0.25) is 0 Å². The van der Waals surface area contributed by atoms with Gasteiger partial charge in [-0.3, -0.25) is 0 Å². The van der Waals surface area contributed by atoms with E-state index in [4.69, 9.17) is 5.73 Å². The predicted octanol–water partition coefficient (Wildman–Crippen LogP) is 1.22. The van der Waals surface area contributed by atoms with Crippen LogP contribution in [0.25, 0.3) is 11.0 Å². The van der Waals surface area contributed by atoms with Crippen molar-refractivity contribution in [2.75, 3.05) is 12.0 Å². The number of benzene rings is 1. The zero-order valence-corrected chi connectivity index (χ0v) is 12.6. The lowest BCUT2D eigenvalue weighted by molar-refractivity contribution is 0.398. The SMILES string of the molecule is CC(C)(Cn1c(N)nc2c(F)cc(F)cc21)NS(C)(=O)=O. The van der Waals surface area contributed by atoms with Gasteiger partial charge in [0, 0.05) is 24.2 Å². The molecule has 0 saturated carbocycles. The van der Waals surface area contributed by atoms with E-state index >= 15 is 0 Å². The van der Waals surface area contributed by atoms with Crippen molar-refractivity contribution in [1.82, 2.24) is 14.3 Å². The van der Waals surface area contributed by atoms with Crippen molar-refractivity contribution < 1.29 is 17.2 Å². The van der Waals surface area contributed by atoms with Crippen LogP contribution in [0, 0.1) is 11.6 Å². The Labute approximate surface area is 121 Å². The topological polar surface area (TPSA) is 90.0 Å². The van der Waals surface area contributed by atoms with E-state index in [1.54, 1.807) is 13.8 Å². The summed E-state index contributed by atoms with van der Waals surface area (Å²) in [7, 11) is -3.44. The summed E-state index contributed by atoms with van der Waals surface area (Å²) in [5.41, 5.74) is 4.95. The fourth-order valence-electron chi connectivity index (χ4n) is 2.26. The molecule has 0 fully saturated rings. The quantitative estimate of drug-likeness (QED) is 0.887. The minimum atomic E-state index is -3.44. The normalized spacial score (nSPS) is 13.0. The summed E-state index contributed by atoms with van der Waals surface area (Å²) < 4.78 is 53.5. The van der Waals surface area contributed by atoms with E-state index in [1.807, 2.05) is 0 Å². The number of aromatic nitrogens is 2. The molecule has 1 heterocycles. The van der Waals surface area contributed by atoms with Gasteiger partial charge in [0.15, 0.2) is 5.82 Å². The minimum absolute atomic E-state index is 0.0159. The molecule has 2 aromatic rings. The highest BCUT2D eigenvalue weighted by Gasteiger charge is 2.25. The van der Waals surface area contributed by atoms with Gasteiger partial charge < -0.3 is 10.3 Å². The van der Waals surface area contributed by atoms with Gasteiger partial charge in [0.1, 0.15) is 11.3 Å². The molecule has 9 heteroatoms. The van der Waals surface area contributed by atoms with E-state index in [0.717, 1.165) is 18.4 Å². The lowest BCUT2D eigenvalue weighted by Gasteiger charge is -2.26. The number of rotatable bonds is 4. The smallest absolute Gasteiger partial charge is 0.209 e. The molecular formula is C12H16F2N4O2S. The van der Waals surface area contributed by atoms with Gasteiger partial charge in [0.25, 0.3) is 0 Å². The Balaban J connectivity index is 2.50. The van der Waals surface area contributed by atoms with E-state index < -0.39 is 27.2 Å². The molecule has 1 aromatic carbocycles. The lowest BCUT2D eigenvalue weighted by Crippen LogP contribution is -2.46. The molecule has 1 aromatic heterocycles. The summed E-state index contributed by atoms with van der Waals surface area (Å²) in [5, 5.41) is 0. The number of sulfonamides is 1. The number of fused-ring (bicyclic) bond motifs is 1. The highest BCUT2D eigenvalue weighted by Crippen LogP contribution is 2.24. The van der Waals surface area contributed by atoms with E-state index in [0.29, 0.717) is 0 Å². The van der Waals surface area contributed by atoms with E-state index in [-0.39, 0.29) is 23.5 Å². The van der Waals surface area contributed by atoms with Gasteiger partial charge in [-0.25, -0.2) is 26.9 Å². The molecule has 21 heavy (non-hydrogen) atoms. The summed E-state index contributed by atoms with van der Waals surface area (Å²) in [6.45, 7) is 3.34. The number of anilines is 1. The molecule has 0 atom stereocenters. The maximum Gasteiger partial charge on any atom is 0.209 e. The first kappa shape index (κ1) is 15.6. The number of hydrogen-bond acceptors (Lipinski definition) is 4. The van der Waals surface area contributed by atoms with Crippen molar-refractivity contribution >= 4 is 27.0 Å². The van der Waals surface area contributed by atoms with Crippen LogP contribution in [-0.2, 0) is 16.6 Å². The minimum Gasteiger partial charge on any atom is -0.369 e. The molecule has 116 valence electrons. The molecule has 2 rings (SSSR count). The zero-order chi connectivity index (χ0) is 16.0. The molecule has 0 bridgehead atoms. The second kappa shape index (κ2) is 4.92. The summed E-state index contributed by atoms with van der Waals surface area (Å²) in [4.78, 5) is 3.86. The summed E-state index contributed by atoms with van der Waals surface area (Å²) in [6.07, 6.45) is 1.03. The molecule has 0 unspecified atom stereocenters. The zero-order valence-electron chi connectivity index (χ0n) is 11.8. The average Bonchev–Trinajstić information content (AvgIpc) is 2.53. The van der Waals surface area contributed by atoms with Crippen molar-refractivity contribution in [3.05, 3.63) is 23.8 Å². The lowest BCUT2D eigenvalue weighted by atomic mass is 10.1. The van der Waals surface area contributed by atoms with Crippen LogP contribution in [0.3, 0.4) is 0 Å². The standard InChI is InChI=1S/C12H16F2N4O2S/c1-12(2,17-21(3,19)20)6-18-9-5-7(13)4-8(14)10(9)16-11(18)15/h4-5,17H,6H2,1-3H3,(H2,15,16). The maximum atomic E-state index is 13.7. The van der Waals surface area contributed by atoms with Crippen LogP contribution in [0.5, 0.6) is 0 Å². The number of nitrogens with zero attached hydrogens (tertiary/aromatic N) is 2. The molecule has 3 N–H and O–H groups in total. The van der Waals surface area contributed by atoms with Crippen LogP contribution in [0.1, 0.15) is 13.8 Å². The Bertz CT molecular complexity index is 799. The molecular weight excluding hydrogens is 302 g/mol. The van der Waals surface area contributed by atoms with Crippen LogP contribution >= 0.6 is 0 Å². The van der Waals surface area contributed by atoms with Gasteiger partial charge in [0.2, 0.25) is 16.0 Å². The van der Waals surface area contributed by atoms with Crippen LogP contribution in [0.15, 0.2) is 12.1 Å². The second-order valence-corrected chi connectivity index (χ2v) is 7.32. The molecule has 0 saturated heterocycles. The van der Waals surface area contributed by atoms with E-state index in [1.165, 1.54) is 4.57 Å². The Kier molecular flexibility index (Phi) is 3.66. The van der Waals surface area contributed by atoms with Crippen LogP contribution in [0.4, 0.5) is 14.7 Å². The number of nitrogen functional groups attached to an aromatic ring is 1. The summed E-state index contributed by atoms with van der Waals surface area (Å²) >= 11 is 0. The van der Waals surface area contributed by atoms with E-state index in [2.05, 4.69) is 9.71 Å². The number of hydrogen-bond donors (Lipinski definition) is 2. The van der Waals surface area contributed by atoms with Crippen LogP contribution in [-0.4, -0.2) is 29.8 Å². The molecule has 6 nitrogen and oxygen atoms in total. The van der Waals surface area contributed by atoms with Crippen molar-refractivity contribution in [3.63, 3.8) is 0 Å². The Morgan fingerprint density at radius 3 is 2.57 bits per heavy atom. The largest absolute Gasteiger partial charge is 0.369 e. The molecule has 0 spiro atoms. The first-order valence-corrected chi connectivity index (χ1v) is 7.97. The third kappa shape index (κ3) is 3.48. The molecule has 0 radical (unpaired) electrons. The summed E-state index contributed by atoms with van der Waals surface area (Å²) in [5.74, 6) is -1.59. The van der Waals surface area contributed by atoms with Gasteiger partial charge in [-0.2, -0.15) is 0 Å². The fourth-order valence-corrected chi connectivity index (χ4v) is 3.33. The highest BCUT2D eigenvalue weighted by molar-refractivity contribution is 7.88. The third-order valence-electron chi connectivity index (χ3n) is 2.82. The first-order chi connectivity index (χ1) is 9.48. The summed E-state index contributed by atoms with van der Waals surface area (Å²) in [6, 6.07) is 1.83. The van der Waals surface area contributed by atoms with Gasteiger partial charge in [-0.05, 0) is 13.8 Å². The molecule has 0 aliphatic carbocycles. The maximum absolute atomic E-state index is 13.7. The predicted molar refractivity (Wildman–Crippen MR) is 76.1 cm³/mol. The number of imidazole rings is 1. The van der Waals surface area contributed by atoms with Gasteiger partial charge in [-0.15, -0.1) is 0 Å². The first-order valence-electron chi connectivity index (χ1n) is 6.08. The van der Waals surface area contributed by atoms with Gasteiger partial charge in [0.05, 0.1) is 11.8 Å².